The van der Waals surface area contributed by atoms with E-state index in [-0.39, 0.29) is 0 Å². The molecule has 82 valence electrons. The molecule has 0 aromatic carbocycles. The number of carbonyl (C=O) groups excluding carboxylic acids is 1. The first-order valence-corrected chi connectivity index (χ1v) is 5.92. The van der Waals surface area contributed by atoms with Crippen LogP contribution in [0.4, 0.5) is 0 Å². The van der Waals surface area contributed by atoms with Gasteiger partial charge in [-0.2, -0.15) is 0 Å². The lowest BCUT2D eigenvalue weighted by atomic mass is 9.87. The Kier molecular flexibility index (Phi) is 4.59. The van der Waals surface area contributed by atoms with Gasteiger partial charge in [0.05, 0.1) is 0 Å². The summed E-state index contributed by atoms with van der Waals surface area (Å²) in [5.74, 6) is 0.821. The van der Waals surface area contributed by atoms with Crippen LogP contribution in [-0.2, 0) is 4.79 Å². The quantitative estimate of drug-likeness (QED) is 0.690. The fourth-order valence-electron chi connectivity index (χ4n) is 2.24. The van der Waals surface area contributed by atoms with Gasteiger partial charge in [-0.05, 0) is 33.2 Å². The van der Waals surface area contributed by atoms with Crippen molar-refractivity contribution in [3.05, 3.63) is 0 Å². The van der Waals surface area contributed by atoms with Crippen LogP contribution >= 0.6 is 0 Å². The fourth-order valence-corrected chi connectivity index (χ4v) is 2.24. The molecule has 0 aromatic rings. The third-order valence-electron chi connectivity index (χ3n) is 3.27. The van der Waals surface area contributed by atoms with E-state index in [1.807, 2.05) is 0 Å². The van der Waals surface area contributed by atoms with Crippen molar-refractivity contribution in [1.29, 1.82) is 0 Å². The molecule has 0 heterocycles. The highest BCUT2D eigenvalue weighted by Gasteiger charge is 2.24. The van der Waals surface area contributed by atoms with Crippen LogP contribution in [-0.4, -0.2) is 29.8 Å². The third kappa shape index (κ3) is 3.09. The van der Waals surface area contributed by atoms with Crippen molar-refractivity contribution >= 4 is 5.78 Å². The summed E-state index contributed by atoms with van der Waals surface area (Å²) >= 11 is 0. The highest BCUT2D eigenvalue weighted by atomic mass is 16.1. The van der Waals surface area contributed by atoms with Gasteiger partial charge >= 0.3 is 0 Å². The molecule has 1 aliphatic rings. The Bertz CT molecular complexity index is 189. The Balaban J connectivity index is 2.44. The largest absolute Gasteiger partial charge is 0.300 e. The van der Waals surface area contributed by atoms with E-state index >= 15 is 0 Å². The van der Waals surface area contributed by atoms with E-state index in [2.05, 4.69) is 25.7 Å². The zero-order valence-electron chi connectivity index (χ0n) is 9.75. The predicted octanol–water partition coefficient (Wildman–Crippen LogP) is 2.48. The minimum Gasteiger partial charge on any atom is -0.300 e. The zero-order chi connectivity index (χ0) is 10.6. The summed E-state index contributed by atoms with van der Waals surface area (Å²) in [6.45, 7) is 8.62. The molecule has 2 nitrogen and oxygen atoms in total. The number of nitrogens with zero attached hydrogens (tertiary/aromatic N) is 1. The number of hydrogen-bond acceptors (Lipinski definition) is 2. The number of Topliss-reactive ketones (excluding diaryl/α,β-unsaturated/α-hetero) is 1. The van der Waals surface area contributed by atoms with Crippen molar-refractivity contribution < 1.29 is 4.79 Å². The predicted molar refractivity (Wildman–Crippen MR) is 59.3 cm³/mol. The fraction of sp³-hybridized carbons (Fsp3) is 0.917. The molecule has 1 saturated carbocycles. The minimum absolute atomic E-state index is 0.325. The number of hydrogen-bond donors (Lipinski definition) is 0. The Labute approximate surface area is 87.7 Å². The molecule has 0 bridgehead atoms. The topological polar surface area (TPSA) is 20.3 Å². The second kappa shape index (κ2) is 5.50. The van der Waals surface area contributed by atoms with Gasteiger partial charge in [0.25, 0.3) is 0 Å². The molecule has 0 aromatic heterocycles. The van der Waals surface area contributed by atoms with Crippen LogP contribution in [0.5, 0.6) is 0 Å². The van der Waals surface area contributed by atoms with Gasteiger partial charge in [0.15, 0.2) is 0 Å². The Morgan fingerprint density at radius 3 is 2.64 bits per heavy atom. The molecule has 14 heavy (non-hydrogen) atoms. The molecule has 0 aliphatic heterocycles. The second-order valence-electron chi connectivity index (χ2n) is 4.59. The van der Waals surface area contributed by atoms with Gasteiger partial charge in [0, 0.05) is 24.9 Å². The summed E-state index contributed by atoms with van der Waals surface area (Å²) in [5, 5.41) is 0. The molecule has 1 aliphatic carbocycles. The summed E-state index contributed by atoms with van der Waals surface area (Å²) in [6.07, 6.45) is 4.29. The second-order valence-corrected chi connectivity index (χ2v) is 4.59. The van der Waals surface area contributed by atoms with Crippen molar-refractivity contribution in [2.45, 2.75) is 52.5 Å². The number of carbonyl (C=O) groups is 1. The monoisotopic (exact) mass is 197 g/mol. The van der Waals surface area contributed by atoms with E-state index in [0.29, 0.717) is 17.7 Å². The highest BCUT2D eigenvalue weighted by Crippen LogP contribution is 2.22. The van der Waals surface area contributed by atoms with E-state index in [1.165, 1.54) is 6.42 Å². The van der Waals surface area contributed by atoms with Crippen molar-refractivity contribution in [1.82, 2.24) is 4.90 Å². The molecule has 1 fully saturated rings. The Hall–Kier alpha value is -0.370. The van der Waals surface area contributed by atoms with Gasteiger partial charge < -0.3 is 4.90 Å². The Morgan fingerprint density at radius 2 is 2.14 bits per heavy atom. The third-order valence-corrected chi connectivity index (χ3v) is 3.27. The van der Waals surface area contributed by atoms with Gasteiger partial charge in [-0.15, -0.1) is 0 Å². The van der Waals surface area contributed by atoms with Gasteiger partial charge in [-0.1, -0.05) is 13.3 Å². The maximum Gasteiger partial charge on any atom is 0.137 e. The summed E-state index contributed by atoms with van der Waals surface area (Å²) in [6, 6.07) is 0.565. The van der Waals surface area contributed by atoms with Crippen LogP contribution in [0.25, 0.3) is 0 Å². The van der Waals surface area contributed by atoms with E-state index in [1.54, 1.807) is 0 Å². The SMILES string of the molecule is CCN(CC1CCCCC1=O)C(C)C. The molecule has 0 radical (unpaired) electrons. The maximum atomic E-state index is 11.6. The van der Waals surface area contributed by atoms with E-state index < -0.39 is 0 Å². The standard InChI is InChI=1S/C12H23NO/c1-4-13(10(2)3)9-11-7-5-6-8-12(11)14/h10-11H,4-9H2,1-3H3. The number of ketones is 1. The molecular weight excluding hydrogens is 174 g/mol. The Morgan fingerprint density at radius 1 is 1.43 bits per heavy atom. The van der Waals surface area contributed by atoms with Crippen LogP contribution in [0.15, 0.2) is 0 Å². The first kappa shape index (κ1) is 11.7. The van der Waals surface area contributed by atoms with E-state index in [0.717, 1.165) is 32.4 Å². The van der Waals surface area contributed by atoms with Gasteiger partial charge in [-0.3, -0.25) is 4.79 Å². The first-order valence-electron chi connectivity index (χ1n) is 5.92. The average Bonchev–Trinajstić information content (AvgIpc) is 2.16. The van der Waals surface area contributed by atoms with Crippen LogP contribution in [0.2, 0.25) is 0 Å². The molecule has 0 saturated heterocycles. The lowest BCUT2D eigenvalue weighted by Gasteiger charge is -2.30. The number of rotatable bonds is 4. The molecule has 0 spiro atoms. The van der Waals surface area contributed by atoms with Crippen LogP contribution < -0.4 is 0 Å². The average molecular weight is 197 g/mol. The molecule has 1 rings (SSSR count). The van der Waals surface area contributed by atoms with Crippen molar-refractivity contribution in [2.75, 3.05) is 13.1 Å². The molecular formula is C12H23NO. The van der Waals surface area contributed by atoms with Gasteiger partial charge in [0.2, 0.25) is 0 Å². The van der Waals surface area contributed by atoms with E-state index in [9.17, 15) is 4.79 Å². The lowest BCUT2D eigenvalue weighted by molar-refractivity contribution is -0.125. The van der Waals surface area contributed by atoms with Crippen molar-refractivity contribution in [3.63, 3.8) is 0 Å². The normalized spacial score (nSPS) is 23.5. The van der Waals surface area contributed by atoms with Crippen LogP contribution in [0.3, 0.4) is 0 Å². The van der Waals surface area contributed by atoms with Crippen LogP contribution in [0, 0.1) is 5.92 Å². The zero-order valence-corrected chi connectivity index (χ0v) is 9.75. The maximum absolute atomic E-state index is 11.6. The van der Waals surface area contributed by atoms with Gasteiger partial charge in [0.1, 0.15) is 5.78 Å². The summed E-state index contributed by atoms with van der Waals surface area (Å²) in [5.41, 5.74) is 0. The molecule has 0 N–H and O–H groups in total. The summed E-state index contributed by atoms with van der Waals surface area (Å²) in [7, 11) is 0. The molecule has 0 amide bonds. The molecule has 1 unspecified atom stereocenters. The molecule has 2 heteroatoms. The lowest BCUT2D eigenvalue weighted by Crippen LogP contribution is -2.38. The van der Waals surface area contributed by atoms with Crippen LogP contribution in [0.1, 0.15) is 46.5 Å². The summed E-state index contributed by atoms with van der Waals surface area (Å²) in [4.78, 5) is 14.0. The smallest absolute Gasteiger partial charge is 0.137 e. The van der Waals surface area contributed by atoms with Crippen molar-refractivity contribution in [3.8, 4) is 0 Å². The van der Waals surface area contributed by atoms with Crippen molar-refractivity contribution in [2.24, 2.45) is 5.92 Å². The minimum atomic E-state index is 0.325. The van der Waals surface area contributed by atoms with E-state index in [4.69, 9.17) is 0 Å². The highest BCUT2D eigenvalue weighted by molar-refractivity contribution is 5.81. The summed E-state index contributed by atoms with van der Waals surface area (Å²) < 4.78 is 0. The van der Waals surface area contributed by atoms with Gasteiger partial charge in [-0.25, -0.2) is 0 Å². The molecule has 1 atom stereocenters. The first-order chi connectivity index (χ1) is 6.65.